The minimum Gasteiger partial charge on any atom is -0.497 e. The van der Waals surface area contributed by atoms with Crippen LogP contribution in [-0.4, -0.2) is 42.2 Å². The van der Waals surface area contributed by atoms with Gasteiger partial charge in [-0.15, -0.1) is 0 Å². The summed E-state index contributed by atoms with van der Waals surface area (Å²) in [6.07, 6.45) is 3.17. The summed E-state index contributed by atoms with van der Waals surface area (Å²) in [6.45, 7) is 10.3. The average molecular weight is 445 g/mol. The van der Waals surface area contributed by atoms with Gasteiger partial charge in [0, 0.05) is 23.6 Å². The van der Waals surface area contributed by atoms with E-state index < -0.39 is 6.10 Å². The minimum atomic E-state index is -0.558. The van der Waals surface area contributed by atoms with E-state index in [0.29, 0.717) is 5.56 Å². The summed E-state index contributed by atoms with van der Waals surface area (Å²) in [7, 11) is 1.60. The Bertz CT molecular complexity index is 809. The first-order valence-electron chi connectivity index (χ1n) is 12.0. The zero-order chi connectivity index (χ0) is 23.6. The Balaban J connectivity index is 1.72. The van der Waals surface area contributed by atoms with Crippen molar-refractivity contribution in [2.45, 2.75) is 78.5 Å². The zero-order valence-electron chi connectivity index (χ0n) is 20.4. The second-order valence-corrected chi connectivity index (χ2v) is 10.5. The van der Waals surface area contributed by atoms with E-state index in [-0.39, 0.29) is 53.0 Å². The van der Waals surface area contributed by atoms with Gasteiger partial charge in [-0.1, -0.05) is 20.8 Å². The Labute approximate surface area is 192 Å². The lowest BCUT2D eigenvalue weighted by atomic mass is 9.51. The smallest absolute Gasteiger partial charge is 0.251 e. The number of rotatable bonds is 6. The highest BCUT2D eigenvalue weighted by Crippen LogP contribution is 2.55. The van der Waals surface area contributed by atoms with E-state index in [1.807, 2.05) is 20.8 Å². The van der Waals surface area contributed by atoms with Gasteiger partial charge in [-0.25, -0.2) is 0 Å². The zero-order valence-corrected chi connectivity index (χ0v) is 20.4. The van der Waals surface area contributed by atoms with Gasteiger partial charge in [0.05, 0.1) is 13.2 Å². The van der Waals surface area contributed by atoms with Gasteiger partial charge in [0.15, 0.2) is 0 Å². The highest BCUT2D eigenvalue weighted by Gasteiger charge is 2.53. The minimum absolute atomic E-state index is 0.00382. The number of benzene rings is 1. The van der Waals surface area contributed by atoms with Crippen molar-refractivity contribution in [2.75, 3.05) is 7.11 Å². The normalized spacial score (nSPS) is 33.2. The quantitative estimate of drug-likeness (QED) is 0.623. The molecule has 2 aliphatic carbocycles. The summed E-state index contributed by atoms with van der Waals surface area (Å²) in [5, 5.41) is 17.7. The summed E-state index contributed by atoms with van der Waals surface area (Å²) in [5.74, 6) is 0.499. The molecule has 2 fully saturated rings. The van der Waals surface area contributed by atoms with Crippen molar-refractivity contribution >= 4 is 11.8 Å². The topological polar surface area (TPSA) is 87.7 Å². The van der Waals surface area contributed by atoms with Crippen molar-refractivity contribution < 1.29 is 19.4 Å². The van der Waals surface area contributed by atoms with E-state index in [2.05, 4.69) is 24.5 Å². The number of ether oxygens (including phenoxy) is 1. The second kappa shape index (κ2) is 9.82. The lowest BCUT2D eigenvalue weighted by Gasteiger charge is -2.56. The number of nitrogens with one attached hydrogen (secondary N) is 2. The molecule has 0 aliphatic heterocycles. The maximum Gasteiger partial charge on any atom is 0.251 e. The Hall–Kier alpha value is -2.08. The molecule has 3 rings (SSSR count). The molecule has 2 amide bonds. The summed E-state index contributed by atoms with van der Waals surface area (Å²) in [5.41, 5.74) is 0.637. The predicted molar refractivity (Wildman–Crippen MR) is 125 cm³/mol. The maximum atomic E-state index is 12.9. The van der Waals surface area contributed by atoms with Crippen molar-refractivity contribution in [3.8, 4) is 5.75 Å². The van der Waals surface area contributed by atoms with Gasteiger partial charge >= 0.3 is 0 Å². The Morgan fingerprint density at radius 2 is 1.75 bits per heavy atom. The molecule has 0 spiro atoms. The molecule has 0 aromatic heterocycles. The number of methoxy groups -OCH3 is 1. The molecule has 0 unspecified atom stereocenters. The van der Waals surface area contributed by atoms with Gasteiger partial charge in [0.25, 0.3) is 5.91 Å². The highest BCUT2D eigenvalue weighted by atomic mass is 16.5. The lowest BCUT2D eigenvalue weighted by Crippen LogP contribution is -2.58. The second-order valence-electron chi connectivity index (χ2n) is 10.5. The van der Waals surface area contributed by atoms with Gasteiger partial charge in [-0.05, 0) is 87.0 Å². The predicted octanol–water partition coefficient (Wildman–Crippen LogP) is 3.78. The first-order chi connectivity index (χ1) is 15.1. The number of aliphatic hydroxyl groups is 1. The van der Waals surface area contributed by atoms with Gasteiger partial charge in [-0.3, -0.25) is 9.59 Å². The molecule has 2 aliphatic rings. The highest BCUT2D eigenvalue weighted by molar-refractivity contribution is 5.94. The van der Waals surface area contributed by atoms with Crippen molar-refractivity contribution in [1.82, 2.24) is 10.6 Å². The van der Waals surface area contributed by atoms with Crippen LogP contribution in [0, 0.1) is 29.1 Å². The van der Waals surface area contributed by atoms with E-state index in [1.165, 1.54) is 0 Å². The van der Waals surface area contributed by atoms with Crippen molar-refractivity contribution in [1.29, 1.82) is 0 Å². The molecule has 1 aromatic rings. The molecule has 0 bridgehead atoms. The van der Waals surface area contributed by atoms with Crippen LogP contribution in [0.5, 0.6) is 5.75 Å². The fourth-order valence-electron chi connectivity index (χ4n) is 6.10. The number of carbonyl (C=O) groups is 2. The Kier molecular flexibility index (Phi) is 7.53. The van der Waals surface area contributed by atoms with E-state index in [1.54, 1.807) is 31.4 Å². The Morgan fingerprint density at radius 3 is 2.34 bits per heavy atom. The molecule has 32 heavy (non-hydrogen) atoms. The van der Waals surface area contributed by atoms with Gasteiger partial charge in [0.2, 0.25) is 5.91 Å². The molecule has 3 N–H and O–H groups in total. The molecule has 178 valence electrons. The third-order valence-electron chi connectivity index (χ3n) is 8.04. The molecule has 6 nitrogen and oxygen atoms in total. The van der Waals surface area contributed by atoms with Crippen LogP contribution in [0.15, 0.2) is 24.3 Å². The van der Waals surface area contributed by atoms with Crippen LogP contribution in [0.3, 0.4) is 0 Å². The summed E-state index contributed by atoms with van der Waals surface area (Å²) >= 11 is 0. The van der Waals surface area contributed by atoms with E-state index in [4.69, 9.17) is 4.74 Å². The SMILES string of the molecule is COc1ccc(C(=O)N[C@H]2CC[C@@]3(C)CC[C@@H]([C@H](C)C(=O)NC(C)C)[C@H](O)[C@H]3[C@H]2C)cc1. The van der Waals surface area contributed by atoms with Crippen molar-refractivity contribution in [2.24, 2.45) is 29.1 Å². The number of amides is 2. The number of fused-ring (bicyclic) bond motifs is 1. The van der Waals surface area contributed by atoms with Crippen molar-refractivity contribution in [3.05, 3.63) is 29.8 Å². The molecule has 0 saturated heterocycles. The van der Waals surface area contributed by atoms with Crippen LogP contribution in [0.1, 0.15) is 70.7 Å². The summed E-state index contributed by atoms with van der Waals surface area (Å²) in [6, 6.07) is 7.20. The van der Waals surface area contributed by atoms with Gasteiger partial charge in [0.1, 0.15) is 5.75 Å². The fourth-order valence-corrected chi connectivity index (χ4v) is 6.10. The largest absolute Gasteiger partial charge is 0.497 e. The number of aliphatic hydroxyl groups excluding tert-OH is 1. The monoisotopic (exact) mass is 444 g/mol. The standard InChI is InChI=1S/C26H40N2O4/c1-15(2)27-24(30)16(3)20-11-13-26(5)14-12-21(17(4)22(26)23(20)29)28-25(31)18-7-9-19(32-6)10-8-18/h7-10,15-17,20-23,29H,11-14H2,1-6H3,(H,27,30)(H,28,31)/t16-,17-,20-,21-,22+,23-,26+/m0/s1. The van der Waals surface area contributed by atoms with Crippen LogP contribution in [-0.2, 0) is 4.79 Å². The first-order valence-corrected chi connectivity index (χ1v) is 12.0. The van der Waals surface area contributed by atoms with Crippen LogP contribution >= 0.6 is 0 Å². The molecule has 6 heteroatoms. The third kappa shape index (κ3) is 4.95. The number of hydrogen-bond donors (Lipinski definition) is 3. The van der Waals surface area contributed by atoms with Gasteiger partial charge < -0.3 is 20.5 Å². The van der Waals surface area contributed by atoms with E-state index in [9.17, 15) is 14.7 Å². The molecular weight excluding hydrogens is 404 g/mol. The molecule has 1 aromatic carbocycles. The summed E-state index contributed by atoms with van der Waals surface area (Å²) in [4.78, 5) is 25.5. The Morgan fingerprint density at radius 1 is 1.12 bits per heavy atom. The maximum absolute atomic E-state index is 12.9. The van der Waals surface area contributed by atoms with Crippen LogP contribution in [0.2, 0.25) is 0 Å². The number of hydrogen-bond acceptors (Lipinski definition) is 4. The molecule has 7 atom stereocenters. The molecule has 0 radical (unpaired) electrons. The average Bonchev–Trinajstić information content (AvgIpc) is 2.75. The molecule has 0 heterocycles. The number of carbonyl (C=O) groups excluding carboxylic acids is 2. The lowest BCUT2D eigenvalue weighted by molar-refractivity contribution is -0.142. The molecule has 2 saturated carbocycles. The van der Waals surface area contributed by atoms with Crippen LogP contribution in [0.25, 0.3) is 0 Å². The first kappa shape index (κ1) is 24.6. The van der Waals surface area contributed by atoms with Crippen molar-refractivity contribution in [3.63, 3.8) is 0 Å². The third-order valence-corrected chi connectivity index (χ3v) is 8.04. The fraction of sp³-hybridized carbons (Fsp3) is 0.692. The summed E-state index contributed by atoms with van der Waals surface area (Å²) < 4.78 is 5.18. The molecular formula is C26H40N2O4. The van der Waals surface area contributed by atoms with Gasteiger partial charge in [-0.2, -0.15) is 0 Å². The van der Waals surface area contributed by atoms with E-state index in [0.717, 1.165) is 31.4 Å². The van der Waals surface area contributed by atoms with Crippen LogP contribution in [0.4, 0.5) is 0 Å². The van der Waals surface area contributed by atoms with Crippen LogP contribution < -0.4 is 15.4 Å². The van der Waals surface area contributed by atoms with E-state index >= 15 is 0 Å².